The van der Waals surface area contributed by atoms with Crippen LogP contribution in [0.2, 0.25) is 5.02 Å². The molecular formula is C23H24ClF3N2O5S. The molecule has 0 aromatic heterocycles. The molecule has 12 heteroatoms. The summed E-state index contributed by atoms with van der Waals surface area (Å²) in [5, 5.41) is 2.59. The van der Waals surface area contributed by atoms with E-state index < -0.39 is 34.1 Å². The Morgan fingerprint density at radius 1 is 1.14 bits per heavy atom. The first kappa shape index (κ1) is 27.0. The number of rotatable bonds is 8. The number of hydrogen-bond donors (Lipinski definition) is 1. The Morgan fingerprint density at radius 3 is 2.46 bits per heavy atom. The second-order valence-corrected chi connectivity index (χ2v) is 10.3. The van der Waals surface area contributed by atoms with Gasteiger partial charge in [0.25, 0.3) is 0 Å². The van der Waals surface area contributed by atoms with E-state index in [4.69, 9.17) is 16.3 Å². The van der Waals surface area contributed by atoms with Gasteiger partial charge in [0.1, 0.15) is 0 Å². The number of esters is 1. The van der Waals surface area contributed by atoms with E-state index in [0.717, 1.165) is 18.2 Å². The number of anilines is 1. The van der Waals surface area contributed by atoms with Crippen LogP contribution >= 0.6 is 11.6 Å². The normalized spacial score (nSPS) is 15.6. The number of alkyl halides is 3. The van der Waals surface area contributed by atoms with Crippen molar-refractivity contribution in [3.63, 3.8) is 0 Å². The van der Waals surface area contributed by atoms with Crippen LogP contribution in [-0.2, 0) is 25.7 Å². The minimum absolute atomic E-state index is 0.00773. The molecule has 3 rings (SSSR count). The van der Waals surface area contributed by atoms with Gasteiger partial charge in [-0.05, 0) is 50.1 Å². The summed E-state index contributed by atoms with van der Waals surface area (Å²) in [6, 6.07) is 8.14. The molecule has 1 saturated heterocycles. The molecule has 0 atom stereocenters. The lowest BCUT2D eigenvalue weighted by Crippen LogP contribution is -2.40. The number of benzene rings is 2. The Bertz CT molecular complexity index is 1200. The number of carbonyl (C=O) groups is 2. The molecule has 35 heavy (non-hydrogen) atoms. The molecule has 1 N–H and O–H groups in total. The summed E-state index contributed by atoms with van der Waals surface area (Å²) in [5.41, 5.74) is -0.914. The number of nitrogens with zero attached hydrogens (tertiary/aromatic N) is 1. The number of ether oxygens (including phenoxy) is 1. The Kier molecular flexibility index (Phi) is 8.45. The van der Waals surface area contributed by atoms with Crippen LogP contribution in [0.25, 0.3) is 0 Å². The van der Waals surface area contributed by atoms with E-state index in [9.17, 15) is 31.2 Å². The molecule has 2 aromatic carbocycles. The fourth-order valence-electron chi connectivity index (χ4n) is 3.69. The lowest BCUT2D eigenvalue weighted by atomic mass is 9.98. The molecule has 0 radical (unpaired) electrons. The fraction of sp³-hybridized carbons (Fsp3) is 0.391. The van der Waals surface area contributed by atoms with Crippen molar-refractivity contribution in [2.75, 3.05) is 31.6 Å². The predicted molar refractivity (Wildman–Crippen MR) is 124 cm³/mol. The van der Waals surface area contributed by atoms with Gasteiger partial charge in [-0.3, -0.25) is 9.59 Å². The average molecular weight is 533 g/mol. The second kappa shape index (κ2) is 11.0. The van der Waals surface area contributed by atoms with Crippen LogP contribution in [0.3, 0.4) is 0 Å². The lowest BCUT2D eigenvalue weighted by molar-refractivity contribution is -0.149. The minimum atomic E-state index is -4.57. The molecule has 0 amide bonds. The maximum absolute atomic E-state index is 13.1. The molecule has 190 valence electrons. The quantitative estimate of drug-likeness (QED) is 0.394. The van der Waals surface area contributed by atoms with Crippen LogP contribution in [0.5, 0.6) is 0 Å². The third-order valence-electron chi connectivity index (χ3n) is 5.60. The molecule has 0 spiro atoms. The molecular weight excluding hydrogens is 509 g/mol. The molecule has 7 nitrogen and oxygen atoms in total. The number of piperidine rings is 1. The number of nitrogens with one attached hydrogen (secondary N) is 1. The number of Topliss-reactive ketones (excluding diaryl/α,β-unsaturated/α-hetero) is 1. The molecule has 0 aliphatic carbocycles. The standard InChI is InChI=1S/C23H24ClF3N2O5S/c1-2-34-22(31)15-8-10-29(11-9-15)35(32,33)18-5-3-4-16(12-18)21(30)14-28-20-13-17(23(25,26)27)6-7-19(20)24/h3-7,12-13,15,28H,2,8-11,14H2,1H3. The summed E-state index contributed by atoms with van der Waals surface area (Å²) in [4.78, 5) is 24.5. The summed E-state index contributed by atoms with van der Waals surface area (Å²) >= 11 is 5.94. The molecule has 1 aliphatic rings. The highest BCUT2D eigenvalue weighted by atomic mass is 35.5. The fourth-order valence-corrected chi connectivity index (χ4v) is 5.39. The van der Waals surface area contributed by atoms with Crippen molar-refractivity contribution in [1.29, 1.82) is 0 Å². The van der Waals surface area contributed by atoms with E-state index in [1.165, 1.54) is 28.6 Å². The third kappa shape index (κ3) is 6.53. The van der Waals surface area contributed by atoms with Gasteiger partial charge in [0.2, 0.25) is 10.0 Å². The van der Waals surface area contributed by atoms with Crippen molar-refractivity contribution in [2.45, 2.75) is 30.8 Å². The van der Waals surface area contributed by atoms with E-state index in [2.05, 4.69) is 5.32 Å². The summed E-state index contributed by atoms with van der Waals surface area (Å²) < 4.78 is 71.3. The van der Waals surface area contributed by atoms with Gasteiger partial charge in [-0.1, -0.05) is 23.7 Å². The Hall–Kier alpha value is -2.63. The number of hydrogen-bond acceptors (Lipinski definition) is 6. The monoisotopic (exact) mass is 532 g/mol. The molecule has 1 aliphatic heterocycles. The summed E-state index contributed by atoms with van der Waals surface area (Å²) in [6.07, 6.45) is -3.91. The molecule has 2 aromatic rings. The van der Waals surface area contributed by atoms with Gasteiger partial charge in [-0.15, -0.1) is 0 Å². The number of ketones is 1. The zero-order valence-electron chi connectivity index (χ0n) is 18.8. The van der Waals surface area contributed by atoms with Crippen molar-refractivity contribution in [1.82, 2.24) is 4.31 Å². The highest BCUT2D eigenvalue weighted by Gasteiger charge is 2.33. The number of halogens is 4. The maximum atomic E-state index is 13.1. The zero-order chi connectivity index (χ0) is 25.8. The van der Waals surface area contributed by atoms with E-state index in [0.29, 0.717) is 12.8 Å². The number of sulfonamides is 1. The predicted octanol–water partition coefficient (Wildman–Crippen LogP) is 4.62. The second-order valence-electron chi connectivity index (χ2n) is 7.93. The first-order valence-corrected chi connectivity index (χ1v) is 12.7. The van der Waals surface area contributed by atoms with Crippen molar-refractivity contribution < 1.29 is 35.9 Å². The van der Waals surface area contributed by atoms with Crippen molar-refractivity contribution in [2.24, 2.45) is 5.92 Å². The molecule has 1 heterocycles. The maximum Gasteiger partial charge on any atom is 0.416 e. The van der Waals surface area contributed by atoms with E-state index in [1.807, 2.05) is 0 Å². The van der Waals surface area contributed by atoms with Gasteiger partial charge < -0.3 is 10.1 Å². The highest BCUT2D eigenvalue weighted by molar-refractivity contribution is 7.89. The van der Waals surface area contributed by atoms with Gasteiger partial charge in [0.05, 0.1) is 40.2 Å². The van der Waals surface area contributed by atoms with Crippen LogP contribution in [0, 0.1) is 5.92 Å². The van der Waals surface area contributed by atoms with E-state index in [-0.39, 0.29) is 52.8 Å². The van der Waals surface area contributed by atoms with E-state index in [1.54, 1.807) is 6.92 Å². The summed E-state index contributed by atoms with van der Waals surface area (Å²) in [6.45, 7) is 1.84. The Balaban J connectivity index is 1.69. The van der Waals surface area contributed by atoms with Gasteiger partial charge in [0.15, 0.2) is 5.78 Å². The van der Waals surface area contributed by atoms with Crippen LogP contribution in [-0.4, -0.2) is 50.7 Å². The minimum Gasteiger partial charge on any atom is -0.466 e. The van der Waals surface area contributed by atoms with Gasteiger partial charge >= 0.3 is 12.1 Å². The first-order valence-electron chi connectivity index (χ1n) is 10.8. The molecule has 0 bridgehead atoms. The van der Waals surface area contributed by atoms with Crippen molar-refractivity contribution in [3.05, 3.63) is 58.6 Å². The highest BCUT2D eigenvalue weighted by Crippen LogP contribution is 2.34. The first-order chi connectivity index (χ1) is 16.4. The Morgan fingerprint density at radius 2 is 1.83 bits per heavy atom. The topological polar surface area (TPSA) is 92.8 Å². The Labute approximate surface area is 206 Å². The molecule has 0 saturated carbocycles. The zero-order valence-corrected chi connectivity index (χ0v) is 20.3. The molecule has 1 fully saturated rings. The SMILES string of the molecule is CCOC(=O)C1CCN(S(=O)(=O)c2cccc(C(=O)CNc3cc(C(F)(F)F)ccc3Cl)c2)CC1. The average Bonchev–Trinajstić information content (AvgIpc) is 2.83. The number of carbonyl (C=O) groups excluding carboxylic acids is 2. The van der Waals surface area contributed by atoms with Gasteiger partial charge in [0, 0.05) is 18.7 Å². The van der Waals surface area contributed by atoms with E-state index >= 15 is 0 Å². The van der Waals surface area contributed by atoms with Gasteiger partial charge in [-0.25, -0.2) is 8.42 Å². The third-order valence-corrected chi connectivity index (χ3v) is 7.82. The van der Waals surface area contributed by atoms with Crippen molar-refractivity contribution >= 4 is 39.1 Å². The van der Waals surface area contributed by atoms with Crippen LogP contribution in [0.15, 0.2) is 47.4 Å². The van der Waals surface area contributed by atoms with Crippen LogP contribution < -0.4 is 5.32 Å². The van der Waals surface area contributed by atoms with Crippen LogP contribution in [0.4, 0.5) is 18.9 Å². The smallest absolute Gasteiger partial charge is 0.416 e. The van der Waals surface area contributed by atoms with Crippen LogP contribution in [0.1, 0.15) is 35.7 Å². The van der Waals surface area contributed by atoms with Crippen molar-refractivity contribution in [3.8, 4) is 0 Å². The lowest BCUT2D eigenvalue weighted by Gasteiger charge is -2.30. The summed E-state index contributed by atoms with van der Waals surface area (Å²) in [7, 11) is -3.91. The summed E-state index contributed by atoms with van der Waals surface area (Å²) in [5.74, 6) is -1.23. The molecule has 0 unspecified atom stereocenters. The van der Waals surface area contributed by atoms with Gasteiger partial charge in [-0.2, -0.15) is 17.5 Å². The largest absolute Gasteiger partial charge is 0.466 e.